The van der Waals surface area contributed by atoms with Gasteiger partial charge in [-0.3, -0.25) is 0 Å². The molecule has 0 amide bonds. The van der Waals surface area contributed by atoms with Gasteiger partial charge in [-0.2, -0.15) is 5.26 Å². The summed E-state index contributed by atoms with van der Waals surface area (Å²) in [5.41, 5.74) is 4.63. The summed E-state index contributed by atoms with van der Waals surface area (Å²) in [7, 11) is 0. The van der Waals surface area contributed by atoms with Gasteiger partial charge in [0, 0.05) is 6.20 Å². The maximum Gasteiger partial charge on any atom is 0.343 e. The van der Waals surface area contributed by atoms with Crippen molar-refractivity contribution < 1.29 is 19.1 Å². The standard InChI is InChI=1S/C13H15N3O4/c1-13(2,3)20-11(17)8-4-6-16-10(15)9(8)12(18)19-7-5-14/h4,6H,7H2,1-3H3,(H2,15,16). The van der Waals surface area contributed by atoms with Crippen molar-refractivity contribution in [2.45, 2.75) is 26.4 Å². The number of hydrogen-bond donors (Lipinski definition) is 1. The molecule has 0 aliphatic rings. The molecule has 0 aromatic carbocycles. The highest BCUT2D eigenvalue weighted by molar-refractivity contribution is 6.06. The number of nitrogen functional groups attached to an aromatic ring is 1. The van der Waals surface area contributed by atoms with Gasteiger partial charge in [0.15, 0.2) is 6.61 Å². The highest BCUT2D eigenvalue weighted by Crippen LogP contribution is 2.19. The summed E-state index contributed by atoms with van der Waals surface area (Å²) in [6.07, 6.45) is 1.29. The lowest BCUT2D eigenvalue weighted by Crippen LogP contribution is -2.26. The van der Waals surface area contributed by atoms with E-state index in [0.29, 0.717) is 0 Å². The van der Waals surface area contributed by atoms with E-state index in [4.69, 9.17) is 15.7 Å². The van der Waals surface area contributed by atoms with E-state index in [2.05, 4.69) is 9.72 Å². The highest BCUT2D eigenvalue weighted by Gasteiger charge is 2.26. The maximum atomic E-state index is 12.0. The Morgan fingerprint density at radius 1 is 1.40 bits per heavy atom. The van der Waals surface area contributed by atoms with E-state index in [9.17, 15) is 9.59 Å². The van der Waals surface area contributed by atoms with E-state index in [0.717, 1.165) is 0 Å². The molecule has 0 atom stereocenters. The minimum absolute atomic E-state index is 0.0460. The molecule has 0 saturated carbocycles. The molecule has 1 aromatic rings. The molecule has 0 saturated heterocycles. The first kappa shape index (κ1) is 15.4. The predicted molar refractivity (Wildman–Crippen MR) is 69.7 cm³/mol. The van der Waals surface area contributed by atoms with Crippen LogP contribution in [0.5, 0.6) is 0 Å². The summed E-state index contributed by atoms with van der Waals surface area (Å²) >= 11 is 0. The number of nitrogens with two attached hydrogens (primary N) is 1. The summed E-state index contributed by atoms with van der Waals surface area (Å²) in [6, 6.07) is 2.97. The van der Waals surface area contributed by atoms with Crippen molar-refractivity contribution in [2.75, 3.05) is 12.3 Å². The summed E-state index contributed by atoms with van der Waals surface area (Å²) in [5.74, 6) is -1.76. The van der Waals surface area contributed by atoms with Gasteiger partial charge < -0.3 is 15.2 Å². The maximum absolute atomic E-state index is 12.0. The molecule has 7 heteroatoms. The van der Waals surface area contributed by atoms with Gasteiger partial charge in [0.2, 0.25) is 0 Å². The number of pyridine rings is 1. The first-order chi connectivity index (χ1) is 9.26. The third kappa shape index (κ3) is 3.95. The van der Waals surface area contributed by atoms with Crippen molar-refractivity contribution in [1.29, 1.82) is 5.26 Å². The summed E-state index contributed by atoms with van der Waals surface area (Å²) < 4.78 is 9.83. The Kier molecular flexibility index (Phi) is 4.64. The van der Waals surface area contributed by atoms with Crippen LogP contribution in [0.3, 0.4) is 0 Å². The zero-order valence-electron chi connectivity index (χ0n) is 11.5. The van der Waals surface area contributed by atoms with Crippen molar-refractivity contribution in [1.82, 2.24) is 4.98 Å². The molecule has 0 aliphatic heterocycles. The number of carbonyl (C=O) groups excluding carboxylic acids is 2. The molecular weight excluding hydrogens is 262 g/mol. The van der Waals surface area contributed by atoms with Crippen LogP contribution in [0.2, 0.25) is 0 Å². The molecule has 0 fully saturated rings. The summed E-state index contributed by atoms with van der Waals surface area (Å²) in [5, 5.41) is 8.40. The average molecular weight is 277 g/mol. The van der Waals surface area contributed by atoms with Gasteiger partial charge in [0.1, 0.15) is 23.1 Å². The molecule has 0 bridgehead atoms. The van der Waals surface area contributed by atoms with Crippen LogP contribution in [0, 0.1) is 11.3 Å². The van der Waals surface area contributed by atoms with Crippen LogP contribution in [-0.4, -0.2) is 29.1 Å². The van der Waals surface area contributed by atoms with Crippen molar-refractivity contribution in [2.24, 2.45) is 0 Å². The largest absolute Gasteiger partial charge is 0.456 e. The number of hydrogen-bond acceptors (Lipinski definition) is 7. The second-order valence-electron chi connectivity index (χ2n) is 4.85. The number of aromatic nitrogens is 1. The van der Waals surface area contributed by atoms with Crippen LogP contribution in [-0.2, 0) is 9.47 Å². The highest BCUT2D eigenvalue weighted by atomic mass is 16.6. The molecule has 7 nitrogen and oxygen atoms in total. The Bertz CT molecular complexity index is 570. The molecule has 20 heavy (non-hydrogen) atoms. The van der Waals surface area contributed by atoms with E-state index in [1.54, 1.807) is 26.8 Å². The van der Waals surface area contributed by atoms with Crippen molar-refractivity contribution in [3.8, 4) is 6.07 Å². The van der Waals surface area contributed by atoms with E-state index in [1.807, 2.05) is 0 Å². The van der Waals surface area contributed by atoms with E-state index in [1.165, 1.54) is 12.3 Å². The quantitative estimate of drug-likeness (QED) is 0.827. The molecule has 1 rings (SSSR count). The number of anilines is 1. The van der Waals surface area contributed by atoms with Crippen LogP contribution < -0.4 is 5.73 Å². The third-order valence-corrected chi connectivity index (χ3v) is 2.07. The molecule has 0 unspecified atom stereocenters. The number of nitriles is 1. The van der Waals surface area contributed by atoms with Crippen molar-refractivity contribution >= 4 is 17.8 Å². The summed E-state index contributed by atoms with van der Waals surface area (Å²) in [4.78, 5) is 27.6. The van der Waals surface area contributed by atoms with Crippen LogP contribution in [0.1, 0.15) is 41.5 Å². The normalized spacial score (nSPS) is 10.5. The smallest absolute Gasteiger partial charge is 0.343 e. The minimum atomic E-state index is -0.891. The zero-order valence-corrected chi connectivity index (χ0v) is 11.5. The number of carbonyl (C=O) groups is 2. The van der Waals surface area contributed by atoms with Crippen LogP contribution in [0.4, 0.5) is 5.82 Å². The topological polar surface area (TPSA) is 115 Å². The molecule has 0 aliphatic carbocycles. The van der Waals surface area contributed by atoms with Crippen LogP contribution in [0.25, 0.3) is 0 Å². The molecule has 1 heterocycles. The first-order valence-corrected chi connectivity index (χ1v) is 5.78. The Labute approximate surface area is 116 Å². The molecule has 1 aromatic heterocycles. The van der Waals surface area contributed by atoms with Crippen molar-refractivity contribution in [3.63, 3.8) is 0 Å². The second-order valence-corrected chi connectivity index (χ2v) is 4.85. The first-order valence-electron chi connectivity index (χ1n) is 5.78. The number of ether oxygens (including phenoxy) is 2. The van der Waals surface area contributed by atoms with Gasteiger partial charge in [-0.1, -0.05) is 0 Å². The average Bonchev–Trinajstić information content (AvgIpc) is 2.33. The Morgan fingerprint density at radius 3 is 2.60 bits per heavy atom. The number of rotatable bonds is 3. The van der Waals surface area contributed by atoms with E-state index in [-0.39, 0.29) is 16.9 Å². The monoisotopic (exact) mass is 277 g/mol. The number of esters is 2. The third-order valence-electron chi connectivity index (χ3n) is 2.07. The van der Waals surface area contributed by atoms with Crippen LogP contribution >= 0.6 is 0 Å². The van der Waals surface area contributed by atoms with Gasteiger partial charge in [-0.25, -0.2) is 14.6 Å². The van der Waals surface area contributed by atoms with Gasteiger partial charge in [0.05, 0.1) is 5.56 Å². The van der Waals surface area contributed by atoms with Crippen LogP contribution in [0.15, 0.2) is 12.3 Å². The van der Waals surface area contributed by atoms with Gasteiger partial charge in [-0.05, 0) is 26.8 Å². The van der Waals surface area contributed by atoms with E-state index < -0.39 is 24.1 Å². The molecule has 2 N–H and O–H groups in total. The minimum Gasteiger partial charge on any atom is -0.456 e. The lowest BCUT2D eigenvalue weighted by Gasteiger charge is -2.20. The lowest BCUT2D eigenvalue weighted by atomic mass is 10.1. The molecular formula is C13H15N3O4. The van der Waals surface area contributed by atoms with E-state index >= 15 is 0 Å². The SMILES string of the molecule is CC(C)(C)OC(=O)c1ccnc(N)c1C(=O)OCC#N. The molecule has 0 spiro atoms. The zero-order chi connectivity index (χ0) is 15.3. The second kappa shape index (κ2) is 6.02. The lowest BCUT2D eigenvalue weighted by molar-refractivity contribution is 0.00647. The fraction of sp³-hybridized carbons (Fsp3) is 0.385. The van der Waals surface area contributed by atoms with Crippen molar-refractivity contribution in [3.05, 3.63) is 23.4 Å². The van der Waals surface area contributed by atoms with Gasteiger partial charge in [-0.15, -0.1) is 0 Å². The fourth-order valence-electron chi connectivity index (χ4n) is 1.37. The Morgan fingerprint density at radius 2 is 2.05 bits per heavy atom. The molecule has 0 radical (unpaired) electrons. The summed E-state index contributed by atoms with van der Waals surface area (Å²) in [6.45, 7) is 4.65. The fourth-order valence-corrected chi connectivity index (χ4v) is 1.37. The molecule has 106 valence electrons. The van der Waals surface area contributed by atoms with Gasteiger partial charge in [0.25, 0.3) is 0 Å². The number of nitrogens with zero attached hydrogens (tertiary/aromatic N) is 2. The predicted octanol–water partition coefficient (Wildman–Crippen LogP) is 1.30. The van der Waals surface area contributed by atoms with Gasteiger partial charge >= 0.3 is 11.9 Å². The Hall–Kier alpha value is -2.62. The Balaban J connectivity index is 3.15.